The highest BCUT2D eigenvalue weighted by atomic mass is 16.5. The van der Waals surface area contributed by atoms with Gasteiger partial charge in [-0.2, -0.15) is 10.2 Å². The number of fused-ring (bicyclic) bond motifs is 1. The molecule has 1 aromatic carbocycles. The van der Waals surface area contributed by atoms with Gasteiger partial charge in [-0.05, 0) is 18.6 Å². The zero-order chi connectivity index (χ0) is 14.7. The van der Waals surface area contributed by atoms with Crippen LogP contribution in [0.4, 0.5) is 0 Å². The first kappa shape index (κ1) is 13.3. The molecule has 0 saturated carbocycles. The van der Waals surface area contributed by atoms with E-state index in [-0.39, 0.29) is 5.92 Å². The number of nitriles is 1. The van der Waals surface area contributed by atoms with Crippen molar-refractivity contribution in [3.05, 3.63) is 42.3 Å². The highest BCUT2D eigenvalue weighted by molar-refractivity contribution is 5.80. The normalized spacial score (nSPS) is 12.2. The first-order valence-corrected chi connectivity index (χ1v) is 6.84. The van der Waals surface area contributed by atoms with Crippen LogP contribution in [0.2, 0.25) is 0 Å². The molecule has 2 heterocycles. The zero-order valence-electron chi connectivity index (χ0n) is 11.7. The number of para-hydroxylation sites is 1. The molecule has 0 fully saturated rings. The zero-order valence-corrected chi connectivity index (χ0v) is 11.7. The van der Waals surface area contributed by atoms with Crippen LogP contribution in [0, 0.1) is 11.3 Å². The average Bonchev–Trinajstić information content (AvgIpc) is 3.02. The van der Waals surface area contributed by atoms with E-state index >= 15 is 0 Å². The van der Waals surface area contributed by atoms with Crippen molar-refractivity contribution in [3.63, 3.8) is 0 Å². The van der Waals surface area contributed by atoms with Gasteiger partial charge in [0.1, 0.15) is 5.69 Å². The number of nitrogens with zero attached hydrogens (tertiary/aromatic N) is 4. The molecular formula is C16H14N4O. The molecule has 2 aromatic heterocycles. The quantitative estimate of drug-likeness (QED) is 0.727. The second-order valence-corrected chi connectivity index (χ2v) is 4.94. The van der Waals surface area contributed by atoms with E-state index in [1.807, 2.05) is 43.3 Å². The van der Waals surface area contributed by atoms with Crippen molar-refractivity contribution in [2.75, 3.05) is 0 Å². The first-order valence-electron chi connectivity index (χ1n) is 6.84. The summed E-state index contributed by atoms with van der Waals surface area (Å²) in [5.41, 5.74) is 1.59. The van der Waals surface area contributed by atoms with E-state index in [4.69, 9.17) is 9.78 Å². The second-order valence-electron chi connectivity index (χ2n) is 4.94. The summed E-state index contributed by atoms with van der Waals surface area (Å²) >= 11 is 0. The molecular weight excluding hydrogens is 264 g/mol. The highest BCUT2D eigenvalue weighted by Crippen LogP contribution is 2.23. The third kappa shape index (κ3) is 2.75. The highest BCUT2D eigenvalue weighted by Gasteiger charge is 2.15. The van der Waals surface area contributed by atoms with Crippen LogP contribution in [0.1, 0.15) is 31.6 Å². The van der Waals surface area contributed by atoms with Crippen LogP contribution < -0.4 is 0 Å². The Balaban J connectivity index is 1.89. The molecule has 0 bridgehead atoms. The lowest BCUT2D eigenvalue weighted by Gasteiger charge is -2.01. The molecule has 0 saturated heterocycles. The molecule has 5 nitrogen and oxygen atoms in total. The fourth-order valence-electron chi connectivity index (χ4n) is 2.13. The SMILES string of the molecule is CC(CCC#N)c1nc(-c2ccc3ccccc3n2)no1. The van der Waals surface area contributed by atoms with Gasteiger partial charge in [0, 0.05) is 17.7 Å². The third-order valence-corrected chi connectivity index (χ3v) is 3.38. The van der Waals surface area contributed by atoms with Gasteiger partial charge in [0.2, 0.25) is 11.7 Å². The maximum Gasteiger partial charge on any atom is 0.229 e. The maximum absolute atomic E-state index is 8.62. The van der Waals surface area contributed by atoms with Gasteiger partial charge in [0.25, 0.3) is 0 Å². The summed E-state index contributed by atoms with van der Waals surface area (Å²) < 4.78 is 5.28. The van der Waals surface area contributed by atoms with Crippen molar-refractivity contribution in [1.82, 2.24) is 15.1 Å². The van der Waals surface area contributed by atoms with Crippen LogP contribution in [0.3, 0.4) is 0 Å². The molecule has 0 aliphatic heterocycles. The van der Waals surface area contributed by atoms with Gasteiger partial charge in [-0.3, -0.25) is 0 Å². The Morgan fingerprint density at radius 1 is 1.19 bits per heavy atom. The molecule has 104 valence electrons. The molecule has 0 aliphatic carbocycles. The Hall–Kier alpha value is -2.74. The fraction of sp³-hybridized carbons (Fsp3) is 0.250. The Bertz CT molecular complexity index is 803. The fourth-order valence-corrected chi connectivity index (χ4v) is 2.13. The van der Waals surface area contributed by atoms with Gasteiger partial charge in [-0.1, -0.05) is 36.3 Å². The van der Waals surface area contributed by atoms with Crippen molar-refractivity contribution in [1.29, 1.82) is 5.26 Å². The van der Waals surface area contributed by atoms with Crippen LogP contribution in [0.5, 0.6) is 0 Å². The largest absolute Gasteiger partial charge is 0.339 e. The molecule has 3 rings (SSSR count). The third-order valence-electron chi connectivity index (χ3n) is 3.38. The van der Waals surface area contributed by atoms with E-state index in [0.29, 0.717) is 30.3 Å². The number of hydrogen-bond donors (Lipinski definition) is 0. The minimum atomic E-state index is 0.0753. The lowest BCUT2D eigenvalue weighted by atomic mass is 10.1. The maximum atomic E-state index is 8.62. The topological polar surface area (TPSA) is 75.6 Å². The number of aromatic nitrogens is 3. The minimum Gasteiger partial charge on any atom is -0.339 e. The molecule has 5 heteroatoms. The van der Waals surface area contributed by atoms with Crippen molar-refractivity contribution < 1.29 is 4.52 Å². The molecule has 3 aromatic rings. The molecule has 21 heavy (non-hydrogen) atoms. The monoisotopic (exact) mass is 278 g/mol. The predicted octanol–water partition coefficient (Wildman–Crippen LogP) is 3.69. The van der Waals surface area contributed by atoms with Crippen molar-refractivity contribution in [2.24, 2.45) is 0 Å². The summed E-state index contributed by atoms with van der Waals surface area (Å²) in [6.07, 6.45) is 1.19. The molecule has 0 spiro atoms. The van der Waals surface area contributed by atoms with E-state index in [9.17, 15) is 0 Å². The molecule has 1 unspecified atom stereocenters. The van der Waals surface area contributed by atoms with Gasteiger partial charge >= 0.3 is 0 Å². The number of benzene rings is 1. The van der Waals surface area contributed by atoms with Crippen LogP contribution in [0.25, 0.3) is 22.4 Å². The van der Waals surface area contributed by atoms with Crippen molar-refractivity contribution in [3.8, 4) is 17.6 Å². The summed E-state index contributed by atoms with van der Waals surface area (Å²) in [6.45, 7) is 1.97. The Labute approximate surface area is 122 Å². The number of pyridine rings is 1. The van der Waals surface area contributed by atoms with Crippen LogP contribution in [0.15, 0.2) is 40.9 Å². The van der Waals surface area contributed by atoms with Gasteiger partial charge < -0.3 is 4.52 Å². The van der Waals surface area contributed by atoms with Crippen molar-refractivity contribution in [2.45, 2.75) is 25.7 Å². The van der Waals surface area contributed by atoms with Crippen molar-refractivity contribution >= 4 is 10.9 Å². The Morgan fingerprint density at radius 2 is 2.05 bits per heavy atom. The van der Waals surface area contributed by atoms with Gasteiger partial charge in [0.05, 0.1) is 11.6 Å². The summed E-state index contributed by atoms with van der Waals surface area (Å²) in [5.74, 6) is 1.11. The van der Waals surface area contributed by atoms with Gasteiger partial charge in [-0.15, -0.1) is 0 Å². The Kier molecular flexibility index (Phi) is 3.61. The number of hydrogen-bond acceptors (Lipinski definition) is 5. The standard InChI is InChI=1S/C16H14N4O/c1-11(5-4-10-17)16-19-15(20-21-16)14-9-8-12-6-2-3-7-13(12)18-14/h2-3,6-9,11H,4-5H2,1H3. The minimum absolute atomic E-state index is 0.0753. The van der Waals surface area contributed by atoms with Crippen LogP contribution >= 0.6 is 0 Å². The van der Waals surface area contributed by atoms with Gasteiger partial charge in [0.15, 0.2) is 0 Å². The molecule has 0 amide bonds. The van der Waals surface area contributed by atoms with Gasteiger partial charge in [-0.25, -0.2) is 4.98 Å². The summed E-state index contributed by atoms with van der Waals surface area (Å²) in [5, 5.41) is 13.7. The molecule has 0 radical (unpaired) electrons. The molecule has 0 N–H and O–H groups in total. The first-order chi connectivity index (χ1) is 10.3. The van der Waals surface area contributed by atoms with E-state index in [1.54, 1.807) is 0 Å². The summed E-state index contributed by atoms with van der Waals surface area (Å²) in [7, 11) is 0. The smallest absolute Gasteiger partial charge is 0.229 e. The molecule has 0 aliphatic rings. The van der Waals surface area contributed by atoms with E-state index in [1.165, 1.54) is 0 Å². The lowest BCUT2D eigenvalue weighted by molar-refractivity contribution is 0.355. The summed E-state index contributed by atoms with van der Waals surface area (Å²) in [4.78, 5) is 8.93. The second kappa shape index (κ2) is 5.71. The number of rotatable bonds is 4. The summed E-state index contributed by atoms with van der Waals surface area (Å²) in [6, 6.07) is 13.9. The van der Waals surface area contributed by atoms with E-state index in [2.05, 4.69) is 21.2 Å². The average molecular weight is 278 g/mol. The predicted molar refractivity (Wildman–Crippen MR) is 78.3 cm³/mol. The Morgan fingerprint density at radius 3 is 2.90 bits per heavy atom. The molecule has 1 atom stereocenters. The van der Waals surface area contributed by atoms with Crippen LogP contribution in [-0.2, 0) is 0 Å². The van der Waals surface area contributed by atoms with E-state index in [0.717, 1.165) is 10.9 Å². The van der Waals surface area contributed by atoms with Crippen LogP contribution in [-0.4, -0.2) is 15.1 Å². The van der Waals surface area contributed by atoms with E-state index < -0.39 is 0 Å². The lowest BCUT2D eigenvalue weighted by Crippen LogP contribution is -1.94.